The van der Waals surface area contributed by atoms with Gasteiger partial charge in [-0.1, -0.05) is 88.0 Å². The summed E-state index contributed by atoms with van der Waals surface area (Å²) in [6.07, 6.45) is 0. The molecular weight excluding hydrogens is 588 g/mol. The molecule has 7 nitrogen and oxygen atoms in total. The van der Waals surface area contributed by atoms with E-state index in [9.17, 15) is 19.2 Å². The fourth-order valence-corrected chi connectivity index (χ4v) is 7.04. The molecule has 0 aromatic heterocycles. The van der Waals surface area contributed by atoms with Crippen LogP contribution in [0.25, 0.3) is 33.4 Å². The molecule has 2 aliphatic rings. The van der Waals surface area contributed by atoms with E-state index in [2.05, 4.69) is 22.8 Å². The molecule has 0 unspecified atom stereocenters. The molecule has 5 aromatic carbocycles. The van der Waals surface area contributed by atoms with E-state index < -0.39 is 23.6 Å². The zero-order valence-electron chi connectivity index (χ0n) is 27.0. The quantitative estimate of drug-likeness (QED) is 0.193. The van der Waals surface area contributed by atoms with Crippen LogP contribution in [0.5, 0.6) is 11.5 Å². The van der Waals surface area contributed by atoms with Crippen LogP contribution in [0.2, 0.25) is 0 Å². The lowest BCUT2D eigenvalue weighted by atomic mass is 9.81. The molecule has 2 N–H and O–H groups in total. The van der Waals surface area contributed by atoms with Crippen molar-refractivity contribution in [2.45, 2.75) is 41.5 Å². The Morgan fingerprint density at radius 2 is 0.787 bits per heavy atom. The third kappa shape index (κ3) is 5.10. The minimum atomic E-state index is -0.513. The number of carbonyl (C=O) groups is 4. The standard InChI is InChI=1S/C40H32N2O5/c1-19-9-20(2)13-25(12-19)31-32(26-14-21(3)10-22(4)15-26)36(47-28-7-8-29-30(18-28)38(44)41-37(29)43)33(27-16-23(5)11-24(6)17-27)35-34(31)39(45)42-40(35)46/h7-18H,1-6H3,(H,41,43,44)(H,42,45,46). The number of aryl methyl sites for hydroxylation is 6. The maximum Gasteiger partial charge on any atom is 0.259 e. The van der Waals surface area contributed by atoms with Crippen molar-refractivity contribution >= 4 is 23.6 Å². The van der Waals surface area contributed by atoms with E-state index in [1.165, 1.54) is 0 Å². The average Bonchev–Trinajstić information content (AvgIpc) is 3.43. The second-order valence-electron chi connectivity index (χ2n) is 12.7. The van der Waals surface area contributed by atoms with Crippen LogP contribution in [0.15, 0.2) is 72.8 Å². The molecule has 2 heterocycles. The predicted octanol–water partition coefficient (Wildman–Crippen LogP) is 8.10. The van der Waals surface area contributed by atoms with Crippen molar-refractivity contribution in [1.29, 1.82) is 0 Å². The van der Waals surface area contributed by atoms with Crippen LogP contribution in [0, 0.1) is 41.5 Å². The Morgan fingerprint density at radius 3 is 1.28 bits per heavy atom. The van der Waals surface area contributed by atoms with Gasteiger partial charge in [0.25, 0.3) is 23.6 Å². The molecule has 0 spiro atoms. The summed E-state index contributed by atoms with van der Waals surface area (Å²) in [4.78, 5) is 52.8. The van der Waals surface area contributed by atoms with Crippen LogP contribution in [0.1, 0.15) is 74.8 Å². The third-order valence-corrected chi connectivity index (χ3v) is 8.59. The normalized spacial score (nSPS) is 13.4. The lowest BCUT2D eigenvalue weighted by Crippen LogP contribution is -2.20. The molecule has 0 bridgehead atoms. The van der Waals surface area contributed by atoms with E-state index in [4.69, 9.17) is 4.74 Å². The fraction of sp³-hybridized carbons (Fsp3) is 0.150. The largest absolute Gasteiger partial charge is 0.456 e. The molecule has 0 aliphatic carbocycles. The van der Waals surface area contributed by atoms with Gasteiger partial charge in [-0.15, -0.1) is 0 Å². The van der Waals surface area contributed by atoms with E-state index in [1.54, 1.807) is 18.2 Å². The smallest absolute Gasteiger partial charge is 0.259 e. The van der Waals surface area contributed by atoms with Gasteiger partial charge >= 0.3 is 0 Å². The number of rotatable bonds is 5. The van der Waals surface area contributed by atoms with E-state index in [1.807, 2.05) is 84.0 Å². The second kappa shape index (κ2) is 10.9. The summed E-state index contributed by atoms with van der Waals surface area (Å²) in [6.45, 7) is 12.0. The molecule has 2 aliphatic heterocycles. The van der Waals surface area contributed by atoms with Gasteiger partial charge in [0.2, 0.25) is 0 Å². The SMILES string of the molecule is Cc1cc(C)cc(-c2c(Oc3ccc4c(c3)C(=O)NC4=O)c(-c3cc(C)cc(C)c3)c(-c3cc(C)cc(C)c3)c3c2C(=O)NC3=O)c1. The first-order chi connectivity index (χ1) is 22.4. The van der Waals surface area contributed by atoms with Crippen molar-refractivity contribution in [3.8, 4) is 44.9 Å². The van der Waals surface area contributed by atoms with Gasteiger partial charge < -0.3 is 4.74 Å². The summed E-state index contributed by atoms with van der Waals surface area (Å²) in [5.74, 6) is -1.29. The van der Waals surface area contributed by atoms with Crippen LogP contribution in [-0.4, -0.2) is 23.6 Å². The number of nitrogens with one attached hydrogen (secondary N) is 2. The first-order valence-corrected chi connectivity index (χ1v) is 15.4. The summed E-state index contributed by atoms with van der Waals surface area (Å²) in [5.41, 5.74) is 10.9. The molecule has 0 saturated heterocycles. The van der Waals surface area contributed by atoms with Crippen molar-refractivity contribution in [2.75, 3.05) is 0 Å². The van der Waals surface area contributed by atoms with Crippen LogP contribution in [0.3, 0.4) is 0 Å². The molecule has 232 valence electrons. The van der Waals surface area contributed by atoms with Crippen molar-refractivity contribution in [1.82, 2.24) is 10.6 Å². The monoisotopic (exact) mass is 620 g/mol. The Bertz CT molecular complexity index is 2200. The number of benzene rings is 5. The molecule has 5 aromatic rings. The van der Waals surface area contributed by atoms with Gasteiger partial charge in [-0.2, -0.15) is 0 Å². The van der Waals surface area contributed by atoms with E-state index in [-0.39, 0.29) is 22.3 Å². The Hall–Kier alpha value is -5.82. The highest BCUT2D eigenvalue weighted by atomic mass is 16.5. The number of carbonyl (C=O) groups excluding carboxylic acids is 4. The number of ether oxygens (including phenoxy) is 1. The van der Waals surface area contributed by atoms with Gasteiger partial charge in [-0.3, -0.25) is 29.8 Å². The molecule has 0 fully saturated rings. The van der Waals surface area contributed by atoms with E-state index in [0.717, 1.165) is 44.5 Å². The maximum absolute atomic E-state index is 13.9. The van der Waals surface area contributed by atoms with Gasteiger partial charge in [0.15, 0.2) is 0 Å². The molecule has 4 amide bonds. The number of hydrogen-bond donors (Lipinski definition) is 2. The Morgan fingerprint density at radius 1 is 0.404 bits per heavy atom. The minimum absolute atomic E-state index is 0.206. The van der Waals surface area contributed by atoms with Crippen molar-refractivity contribution in [3.05, 3.63) is 128 Å². The fourth-order valence-electron chi connectivity index (χ4n) is 7.04. The summed E-state index contributed by atoms with van der Waals surface area (Å²) >= 11 is 0. The molecule has 7 heteroatoms. The highest BCUT2D eigenvalue weighted by molar-refractivity contribution is 6.29. The number of fused-ring (bicyclic) bond motifs is 2. The Balaban J connectivity index is 1.68. The van der Waals surface area contributed by atoms with Crippen molar-refractivity contribution in [2.24, 2.45) is 0 Å². The van der Waals surface area contributed by atoms with E-state index in [0.29, 0.717) is 33.8 Å². The van der Waals surface area contributed by atoms with Crippen LogP contribution in [-0.2, 0) is 0 Å². The van der Waals surface area contributed by atoms with Crippen LogP contribution in [0.4, 0.5) is 0 Å². The first kappa shape index (κ1) is 29.9. The molecule has 47 heavy (non-hydrogen) atoms. The summed E-state index contributed by atoms with van der Waals surface area (Å²) < 4.78 is 6.87. The summed E-state index contributed by atoms with van der Waals surface area (Å²) in [6, 6.07) is 23.0. The molecule has 0 radical (unpaired) electrons. The van der Waals surface area contributed by atoms with Crippen molar-refractivity contribution < 1.29 is 23.9 Å². The zero-order valence-corrected chi connectivity index (χ0v) is 27.0. The first-order valence-electron chi connectivity index (χ1n) is 15.4. The minimum Gasteiger partial charge on any atom is -0.456 e. The van der Waals surface area contributed by atoms with Gasteiger partial charge in [0.05, 0.1) is 22.3 Å². The highest BCUT2D eigenvalue weighted by Gasteiger charge is 2.39. The van der Waals surface area contributed by atoms with Crippen LogP contribution < -0.4 is 15.4 Å². The number of hydrogen-bond acceptors (Lipinski definition) is 5. The van der Waals surface area contributed by atoms with Crippen LogP contribution >= 0.6 is 0 Å². The van der Waals surface area contributed by atoms with Crippen molar-refractivity contribution in [3.63, 3.8) is 0 Å². The predicted molar refractivity (Wildman–Crippen MR) is 181 cm³/mol. The Labute approximate surface area is 272 Å². The summed E-state index contributed by atoms with van der Waals surface area (Å²) in [7, 11) is 0. The van der Waals surface area contributed by atoms with Gasteiger partial charge in [0.1, 0.15) is 11.5 Å². The molecular formula is C40H32N2O5. The second-order valence-corrected chi connectivity index (χ2v) is 12.7. The molecule has 0 saturated carbocycles. The highest BCUT2D eigenvalue weighted by Crippen LogP contribution is 2.53. The molecule has 0 atom stereocenters. The average molecular weight is 621 g/mol. The summed E-state index contributed by atoms with van der Waals surface area (Å²) in [5, 5.41) is 4.91. The lowest BCUT2D eigenvalue weighted by Gasteiger charge is -2.24. The zero-order chi connectivity index (χ0) is 33.3. The van der Waals surface area contributed by atoms with Gasteiger partial charge in [-0.25, -0.2) is 0 Å². The lowest BCUT2D eigenvalue weighted by molar-refractivity contribution is 0.0863. The number of amides is 4. The van der Waals surface area contributed by atoms with Gasteiger partial charge in [-0.05, 0) is 76.4 Å². The third-order valence-electron chi connectivity index (χ3n) is 8.59. The Kier molecular flexibility index (Phi) is 6.93. The van der Waals surface area contributed by atoms with E-state index >= 15 is 0 Å². The number of imide groups is 2. The van der Waals surface area contributed by atoms with Gasteiger partial charge in [0, 0.05) is 16.7 Å². The topological polar surface area (TPSA) is 102 Å². The molecule has 7 rings (SSSR count). The maximum atomic E-state index is 13.9.